The molecule has 0 saturated carbocycles. The quantitative estimate of drug-likeness (QED) is 0.572. The molecule has 1 saturated heterocycles. The summed E-state index contributed by atoms with van der Waals surface area (Å²) in [6, 6.07) is -0.0344. The highest BCUT2D eigenvalue weighted by molar-refractivity contribution is 5.74. The van der Waals surface area contributed by atoms with E-state index in [1.165, 1.54) is 0 Å². The molecular formula is C10H21N3O3. The molecule has 0 radical (unpaired) electrons. The molecular weight excluding hydrogens is 210 g/mol. The predicted octanol–water partition coefficient (Wildman–Crippen LogP) is -0.562. The van der Waals surface area contributed by atoms with Crippen molar-refractivity contribution in [2.45, 2.75) is 24.9 Å². The van der Waals surface area contributed by atoms with E-state index in [9.17, 15) is 4.79 Å². The summed E-state index contributed by atoms with van der Waals surface area (Å²) in [7, 11) is 1.61. The molecule has 2 unspecified atom stereocenters. The first-order chi connectivity index (χ1) is 7.72. The Morgan fingerprint density at radius 1 is 1.69 bits per heavy atom. The lowest BCUT2D eigenvalue weighted by Gasteiger charge is -2.13. The van der Waals surface area contributed by atoms with Gasteiger partial charge in [0.2, 0.25) is 0 Å². The molecule has 1 fully saturated rings. The molecule has 0 aromatic carbocycles. The lowest BCUT2D eigenvalue weighted by atomic mass is 10.2. The van der Waals surface area contributed by atoms with Crippen molar-refractivity contribution in [3.8, 4) is 0 Å². The Bertz CT molecular complexity index is 207. The molecule has 6 heteroatoms. The average molecular weight is 231 g/mol. The third kappa shape index (κ3) is 5.29. The third-order valence-electron chi connectivity index (χ3n) is 2.45. The van der Waals surface area contributed by atoms with E-state index in [2.05, 4.69) is 10.6 Å². The van der Waals surface area contributed by atoms with Crippen LogP contribution in [0.3, 0.4) is 0 Å². The van der Waals surface area contributed by atoms with Gasteiger partial charge in [-0.3, -0.25) is 0 Å². The molecule has 1 heterocycles. The number of ether oxygens (including phenoxy) is 2. The van der Waals surface area contributed by atoms with Crippen molar-refractivity contribution in [3.63, 3.8) is 0 Å². The first-order valence-corrected chi connectivity index (χ1v) is 5.59. The minimum absolute atomic E-state index is 0.0277. The predicted molar refractivity (Wildman–Crippen MR) is 60.2 cm³/mol. The molecule has 1 rings (SSSR count). The molecule has 1 aliphatic heterocycles. The van der Waals surface area contributed by atoms with E-state index in [-0.39, 0.29) is 18.1 Å². The smallest absolute Gasteiger partial charge is 0.315 e. The Balaban J connectivity index is 2.01. The van der Waals surface area contributed by atoms with Gasteiger partial charge in [0.15, 0.2) is 0 Å². The summed E-state index contributed by atoms with van der Waals surface area (Å²) in [5.74, 6) is 0. The van der Waals surface area contributed by atoms with Gasteiger partial charge in [-0.25, -0.2) is 4.79 Å². The van der Waals surface area contributed by atoms with E-state index in [1.807, 2.05) is 0 Å². The maximum Gasteiger partial charge on any atom is 0.315 e. The highest BCUT2D eigenvalue weighted by Crippen LogP contribution is 2.02. The third-order valence-corrected chi connectivity index (χ3v) is 2.45. The second kappa shape index (κ2) is 7.43. The topological polar surface area (TPSA) is 85.6 Å². The molecule has 16 heavy (non-hydrogen) atoms. The first-order valence-electron chi connectivity index (χ1n) is 5.59. The number of urea groups is 1. The molecule has 6 nitrogen and oxygen atoms in total. The Morgan fingerprint density at radius 2 is 2.50 bits per heavy atom. The van der Waals surface area contributed by atoms with Gasteiger partial charge in [-0.2, -0.15) is 0 Å². The zero-order valence-corrected chi connectivity index (χ0v) is 9.70. The standard InChI is InChI=1S/C10H21N3O3/c1-15-6-8(11)2-4-12-10(14)13-9-3-5-16-7-9/h8-9H,2-7,11H2,1H3,(H2,12,13,14). The van der Waals surface area contributed by atoms with Gasteiger partial charge < -0.3 is 25.8 Å². The van der Waals surface area contributed by atoms with Crippen molar-refractivity contribution in [3.05, 3.63) is 0 Å². The van der Waals surface area contributed by atoms with E-state index in [0.29, 0.717) is 26.2 Å². The second-order valence-electron chi connectivity index (χ2n) is 3.96. The van der Waals surface area contributed by atoms with Crippen LogP contribution in [0.5, 0.6) is 0 Å². The summed E-state index contributed by atoms with van der Waals surface area (Å²) < 4.78 is 10.1. The summed E-state index contributed by atoms with van der Waals surface area (Å²) in [5.41, 5.74) is 5.72. The molecule has 94 valence electrons. The van der Waals surface area contributed by atoms with Gasteiger partial charge in [-0.1, -0.05) is 0 Å². The molecule has 4 N–H and O–H groups in total. The van der Waals surface area contributed by atoms with Crippen molar-refractivity contribution in [2.75, 3.05) is 33.5 Å². The van der Waals surface area contributed by atoms with Crippen LogP contribution in [0.25, 0.3) is 0 Å². The van der Waals surface area contributed by atoms with Crippen molar-refractivity contribution in [2.24, 2.45) is 5.73 Å². The van der Waals surface area contributed by atoms with E-state index in [4.69, 9.17) is 15.2 Å². The number of nitrogens with one attached hydrogen (secondary N) is 2. The van der Waals surface area contributed by atoms with Gasteiger partial charge in [0.05, 0.1) is 19.3 Å². The van der Waals surface area contributed by atoms with Crippen LogP contribution in [0.1, 0.15) is 12.8 Å². The Labute approximate surface area is 95.8 Å². The normalized spacial score (nSPS) is 21.8. The lowest BCUT2D eigenvalue weighted by Crippen LogP contribution is -2.43. The van der Waals surface area contributed by atoms with Gasteiger partial charge >= 0.3 is 6.03 Å². The summed E-state index contributed by atoms with van der Waals surface area (Å²) in [4.78, 5) is 11.4. The zero-order valence-electron chi connectivity index (χ0n) is 9.70. The largest absolute Gasteiger partial charge is 0.383 e. The summed E-state index contributed by atoms with van der Waals surface area (Å²) in [6.07, 6.45) is 1.60. The van der Waals surface area contributed by atoms with Crippen molar-refractivity contribution in [1.29, 1.82) is 0 Å². The number of carbonyl (C=O) groups excluding carboxylic acids is 1. The monoisotopic (exact) mass is 231 g/mol. The van der Waals surface area contributed by atoms with Crippen LogP contribution in [0.4, 0.5) is 4.79 Å². The molecule has 1 aliphatic rings. The van der Waals surface area contributed by atoms with Crippen LogP contribution in [-0.2, 0) is 9.47 Å². The highest BCUT2D eigenvalue weighted by Gasteiger charge is 2.17. The van der Waals surface area contributed by atoms with Gasteiger partial charge in [-0.05, 0) is 12.8 Å². The molecule has 2 amide bonds. The van der Waals surface area contributed by atoms with Gasteiger partial charge in [0.25, 0.3) is 0 Å². The fourth-order valence-electron chi connectivity index (χ4n) is 1.55. The minimum Gasteiger partial charge on any atom is -0.383 e. The maximum atomic E-state index is 11.4. The number of methoxy groups -OCH3 is 1. The number of rotatable bonds is 6. The van der Waals surface area contributed by atoms with Gasteiger partial charge in [0.1, 0.15) is 0 Å². The van der Waals surface area contributed by atoms with Crippen LogP contribution in [0, 0.1) is 0 Å². The fourth-order valence-corrected chi connectivity index (χ4v) is 1.55. The fraction of sp³-hybridized carbons (Fsp3) is 0.900. The molecule has 0 aromatic rings. The molecule has 2 atom stereocenters. The van der Waals surface area contributed by atoms with E-state index < -0.39 is 0 Å². The van der Waals surface area contributed by atoms with Gasteiger partial charge in [-0.15, -0.1) is 0 Å². The van der Waals surface area contributed by atoms with Crippen molar-refractivity contribution < 1.29 is 14.3 Å². The van der Waals surface area contributed by atoms with Crippen molar-refractivity contribution >= 4 is 6.03 Å². The molecule has 0 aliphatic carbocycles. The van der Waals surface area contributed by atoms with E-state index in [1.54, 1.807) is 7.11 Å². The van der Waals surface area contributed by atoms with Gasteiger partial charge in [0, 0.05) is 26.3 Å². The van der Waals surface area contributed by atoms with E-state index >= 15 is 0 Å². The minimum atomic E-state index is -0.153. The van der Waals surface area contributed by atoms with Crippen LogP contribution in [0.15, 0.2) is 0 Å². The summed E-state index contributed by atoms with van der Waals surface area (Å²) >= 11 is 0. The molecule has 0 spiro atoms. The Morgan fingerprint density at radius 3 is 3.12 bits per heavy atom. The van der Waals surface area contributed by atoms with Crippen LogP contribution in [-0.4, -0.2) is 51.6 Å². The van der Waals surface area contributed by atoms with Crippen LogP contribution in [0.2, 0.25) is 0 Å². The number of hydrogen-bond donors (Lipinski definition) is 3. The van der Waals surface area contributed by atoms with Crippen LogP contribution < -0.4 is 16.4 Å². The number of hydrogen-bond acceptors (Lipinski definition) is 4. The maximum absolute atomic E-state index is 11.4. The summed E-state index contributed by atoms with van der Waals surface area (Å²) in [5, 5.41) is 5.60. The SMILES string of the molecule is COCC(N)CCNC(=O)NC1CCOC1. The Kier molecular flexibility index (Phi) is 6.14. The van der Waals surface area contributed by atoms with Crippen LogP contribution >= 0.6 is 0 Å². The Hall–Kier alpha value is -0.850. The lowest BCUT2D eigenvalue weighted by molar-refractivity contribution is 0.176. The number of nitrogens with two attached hydrogens (primary N) is 1. The highest BCUT2D eigenvalue weighted by atomic mass is 16.5. The molecule has 0 bridgehead atoms. The zero-order chi connectivity index (χ0) is 11.8. The first kappa shape index (κ1) is 13.2. The molecule has 0 aromatic heterocycles. The number of carbonyl (C=O) groups is 1. The van der Waals surface area contributed by atoms with E-state index in [0.717, 1.165) is 13.0 Å². The second-order valence-corrected chi connectivity index (χ2v) is 3.96. The number of amides is 2. The van der Waals surface area contributed by atoms with Crippen molar-refractivity contribution in [1.82, 2.24) is 10.6 Å². The summed E-state index contributed by atoms with van der Waals surface area (Å²) in [6.45, 7) is 2.41. The average Bonchev–Trinajstić information content (AvgIpc) is 2.70.